The first-order valence-corrected chi connectivity index (χ1v) is 4.36. The molecular weight excluding hydrogens is 168 g/mol. The van der Waals surface area contributed by atoms with E-state index in [1.165, 1.54) is 4.90 Å². The fourth-order valence-electron chi connectivity index (χ4n) is 1.55. The Morgan fingerprint density at radius 3 is 1.77 bits per heavy atom. The summed E-state index contributed by atoms with van der Waals surface area (Å²) in [5.74, 6) is 0. The molecule has 0 aromatic carbocycles. The van der Waals surface area contributed by atoms with Crippen molar-refractivity contribution in [1.82, 2.24) is 4.90 Å². The van der Waals surface area contributed by atoms with Crippen LogP contribution in [0.3, 0.4) is 0 Å². The van der Waals surface area contributed by atoms with Gasteiger partial charge in [0.25, 0.3) is 0 Å². The molecule has 0 spiro atoms. The van der Waals surface area contributed by atoms with E-state index in [0.717, 1.165) is 0 Å². The van der Waals surface area contributed by atoms with Crippen molar-refractivity contribution in [1.29, 1.82) is 0 Å². The van der Waals surface area contributed by atoms with Crippen molar-refractivity contribution in [2.75, 3.05) is 6.54 Å². The monoisotopic (exact) mass is 188 g/mol. The highest BCUT2D eigenvalue weighted by Crippen LogP contribution is 2.24. The van der Waals surface area contributed by atoms with Crippen LogP contribution < -0.4 is 5.73 Å². The van der Waals surface area contributed by atoms with Crippen LogP contribution in [0.25, 0.3) is 0 Å². The molecule has 0 aliphatic heterocycles. The van der Waals surface area contributed by atoms with Gasteiger partial charge in [-0.15, -0.1) is 0 Å². The molecule has 0 heterocycles. The largest absolute Gasteiger partial charge is 0.465 e. The minimum absolute atomic E-state index is 0.316. The number of carboxylic acid groups (broad SMARTS) is 1. The van der Waals surface area contributed by atoms with Gasteiger partial charge in [0.1, 0.15) is 0 Å². The molecule has 78 valence electrons. The van der Waals surface area contributed by atoms with Crippen molar-refractivity contribution in [3.63, 3.8) is 0 Å². The molecule has 0 aromatic heterocycles. The van der Waals surface area contributed by atoms with Gasteiger partial charge in [0.05, 0.1) is 5.54 Å². The number of hydrogen-bond donors (Lipinski definition) is 2. The number of carbonyl (C=O) groups is 1. The van der Waals surface area contributed by atoms with Crippen LogP contribution >= 0.6 is 0 Å². The molecule has 0 bridgehead atoms. The predicted molar refractivity (Wildman–Crippen MR) is 52.8 cm³/mol. The number of nitrogens with two attached hydrogens (primary N) is 1. The molecule has 4 heteroatoms. The molecular formula is C9H20N2O2. The van der Waals surface area contributed by atoms with Crippen molar-refractivity contribution in [3.05, 3.63) is 0 Å². The number of hydrogen-bond acceptors (Lipinski definition) is 2. The van der Waals surface area contributed by atoms with Crippen molar-refractivity contribution < 1.29 is 9.90 Å². The van der Waals surface area contributed by atoms with Gasteiger partial charge in [-0.3, -0.25) is 4.90 Å². The average Bonchev–Trinajstić information content (AvgIpc) is 1.82. The van der Waals surface area contributed by atoms with Crippen LogP contribution in [-0.4, -0.2) is 33.7 Å². The van der Waals surface area contributed by atoms with Gasteiger partial charge in [-0.05, 0) is 34.6 Å². The van der Waals surface area contributed by atoms with Gasteiger partial charge in [0.2, 0.25) is 0 Å². The predicted octanol–water partition coefficient (Wildman–Crippen LogP) is 1.50. The zero-order valence-electron chi connectivity index (χ0n) is 9.09. The first kappa shape index (κ1) is 12.2. The Bertz CT molecular complexity index is 194. The molecule has 0 saturated heterocycles. The van der Waals surface area contributed by atoms with E-state index in [1.807, 2.05) is 34.6 Å². The molecule has 0 unspecified atom stereocenters. The zero-order chi connectivity index (χ0) is 10.9. The Balaban J connectivity index is 4.94. The first-order chi connectivity index (χ1) is 5.63. The van der Waals surface area contributed by atoms with Crippen LogP contribution in [0.5, 0.6) is 0 Å². The van der Waals surface area contributed by atoms with E-state index >= 15 is 0 Å². The SMILES string of the molecule is CC(C)(C)N(C(=O)O)C(C)(C)CN. The normalized spacial score (nSPS) is 12.8. The fourth-order valence-corrected chi connectivity index (χ4v) is 1.55. The Morgan fingerprint density at radius 1 is 1.31 bits per heavy atom. The highest BCUT2D eigenvalue weighted by molar-refractivity contribution is 5.67. The van der Waals surface area contributed by atoms with E-state index in [1.54, 1.807) is 0 Å². The Hall–Kier alpha value is -0.770. The lowest BCUT2D eigenvalue weighted by atomic mass is 9.95. The maximum absolute atomic E-state index is 11.0. The second-order valence-electron chi connectivity index (χ2n) is 4.81. The first-order valence-electron chi connectivity index (χ1n) is 4.36. The van der Waals surface area contributed by atoms with Crippen LogP contribution in [0.1, 0.15) is 34.6 Å². The van der Waals surface area contributed by atoms with Crippen molar-refractivity contribution in [2.45, 2.75) is 45.7 Å². The van der Waals surface area contributed by atoms with E-state index in [2.05, 4.69) is 0 Å². The summed E-state index contributed by atoms with van der Waals surface area (Å²) < 4.78 is 0. The summed E-state index contributed by atoms with van der Waals surface area (Å²) in [6, 6.07) is 0. The summed E-state index contributed by atoms with van der Waals surface area (Å²) in [4.78, 5) is 12.4. The van der Waals surface area contributed by atoms with Gasteiger partial charge >= 0.3 is 6.09 Å². The topological polar surface area (TPSA) is 66.6 Å². The molecule has 0 aromatic rings. The maximum atomic E-state index is 11.0. The van der Waals surface area contributed by atoms with E-state index in [9.17, 15) is 4.79 Å². The van der Waals surface area contributed by atoms with Gasteiger partial charge in [-0.1, -0.05) is 0 Å². The molecule has 3 N–H and O–H groups in total. The van der Waals surface area contributed by atoms with Gasteiger partial charge in [0, 0.05) is 12.1 Å². The molecule has 0 fully saturated rings. The van der Waals surface area contributed by atoms with Gasteiger partial charge < -0.3 is 10.8 Å². The van der Waals surface area contributed by atoms with Crippen LogP contribution in [0.15, 0.2) is 0 Å². The lowest BCUT2D eigenvalue weighted by Gasteiger charge is -2.44. The highest BCUT2D eigenvalue weighted by Gasteiger charge is 2.37. The minimum atomic E-state index is -0.928. The Labute approximate surface area is 79.7 Å². The third-order valence-corrected chi connectivity index (χ3v) is 1.97. The summed E-state index contributed by atoms with van der Waals surface area (Å²) in [5, 5.41) is 9.05. The fraction of sp³-hybridized carbons (Fsp3) is 0.889. The summed E-state index contributed by atoms with van der Waals surface area (Å²) >= 11 is 0. The third kappa shape index (κ3) is 2.88. The van der Waals surface area contributed by atoms with Crippen LogP contribution in [-0.2, 0) is 0 Å². The van der Waals surface area contributed by atoms with E-state index in [-0.39, 0.29) is 0 Å². The smallest absolute Gasteiger partial charge is 0.408 e. The summed E-state index contributed by atoms with van der Waals surface area (Å²) in [5.41, 5.74) is 4.59. The average molecular weight is 188 g/mol. The lowest BCUT2D eigenvalue weighted by Crippen LogP contribution is -2.59. The molecule has 0 aliphatic rings. The summed E-state index contributed by atoms with van der Waals surface area (Å²) in [6.45, 7) is 9.55. The molecule has 0 aliphatic carbocycles. The second-order valence-corrected chi connectivity index (χ2v) is 4.81. The van der Waals surface area contributed by atoms with E-state index in [0.29, 0.717) is 6.54 Å². The highest BCUT2D eigenvalue weighted by atomic mass is 16.4. The zero-order valence-corrected chi connectivity index (χ0v) is 9.09. The summed E-state index contributed by atoms with van der Waals surface area (Å²) in [7, 11) is 0. The maximum Gasteiger partial charge on any atom is 0.408 e. The number of nitrogens with zero attached hydrogens (tertiary/aromatic N) is 1. The molecule has 0 atom stereocenters. The van der Waals surface area contributed by atoms with Crippen LogP contribution in [0.4, 0.5) is 4.79 Å². The minimum Gasteiger partial charge on any atom is -0.465 e. The van der Waals surface area contributed by atoms with Crippen molar-refractivity contribution in [3.8, 4) is 0 Å². The lowest BCUT2D eigenvalue weighted by molar-refractivity contribution is 0.0373. The summed E-state index contributed by atoms with van der Waals surface area (Å²) in [6.07, 6.45) is -0.928. The van der Waals surface area contributed by atoms with E-state index in [4.69, 9.17) is 10.8 Å². The van der Waals surface area contributed by atoms with Crippen molar-refractivity contribution in [2.24, 2.45) is 5.73 Å². The van der Waals surface area contributed by atoms with Gasteiger partial charge in [0.15, 0.2) is 0 Å². The van der Waals surface area contributed by atoms with Crippen molar-refractivity contribution >= 4 is 6.09 Å². The molecule has 0 saturated carbocycles. The second kappa shape index (κ2) is 3.54. The standard InChI is InChI=1S/C9H20N2O2/c1-8(2,3)11(7(12)13)9(4,5)6-10/h6,10H2,1-5H3,(H,12,13). The molecule has 13 heavy (non-hydrogen) atoms. The molecule has 0 rings (SSSR count). The molecule has 1 amide bonds. The molecule has 0 radical (unpaired) electrons. The van der Waals surface area contributed by atoms with Gasteiger partial charge in [-0.2, -0.15) is 0 Å². The van der Waals surface area contributed by atoms with Crippen LogP contribution in [0.2, 0.25) is 0 Å². The van der Waals surface area contributed by atoms with Gasteiger partial charge in [-0.25, -0.2) is 4.79 Å². The number of amides is 1. The van der Waals surface area contributed by atoms with E-state index < -0.39 is 17.2 Å². The Morgan fingerprint density at radius 2 is 1.69 bits per heavy atom. The quantitative estimate of drug-likeness (QED) is 0.690. The number of rotatable bonds is 2. The molecule has 4 nitrogen and oxygen atoms in total. The van der Waals surface area contributed by atoms with Crippen LogP contribution in [0, 0.1) is 0 Å². The Kier molecular flexibility index (Phi) is 3.33. The third-order valence-electron chi connectivity index (χ3n) is 1.97.